The summed E-state index contributed by atoms with van der Waals surface area (Å²) in [6.07, 6.45) is 0. The zero-order valence-electron chi connectivity index (χ0n) is 13.7. The number of anilines is 1. The van der Waals surface area contributed by atoms with Gasteiger partial charge in [0.25, 0.3) is 0 Å². The average Bonchev–Trinajstić information content (AvgIpc) is 2.64. The Balaban J connectivity index is 1.73. The van der Waals surface area contributed by atoms with Crippen molar-refractivity contribution in [2.24, 2.45) is 0 Å². The van der Waals surface area contributed by atoms with Crippen molar-refractivity contribution in [2.75, 3.05) is 11.9 Å². The monoisotopic (exact) mass is 369 g/mol. The minimum Gasteiger partial charge on any atom is -0.477 e. The zero-order valence-corrected chi connectivity index (χ0v) is 14.5. The Morgan fingerprint density at radius 1 is 1.08 bits per heavy atom. The molecular formula is C19H16ClN3O3. The molecule has 6 nitrogen and oxygen atoms in total. The molecule has 0 aliphatic rings. The molecule has 1 amide bonds. The molecule has 0 bridgehead atoms. The number of aromatic carboxylic acids is 1. The van der Waals surface area contributed by atoms with E-state index in [1.165, 1.54) is 6.07 Å². The maximum absolute atomic E-state index is 12.1. The lowest BCUT2D eigenvalue weighted by Gasteiger charge is -2.11. The van der Waals surface area contributed by atoms with Crippen LogP contribution in [-0.4, -0.2) is 28.5 Å². The minimum atomic E-state index is -1.15. The molecule has 3 rings (SSSR count). The first kappa shape index (κ1) is 17.7. The first-order chi connectivity index (χ1) is 12.5. The first-order valence-electron chi connectivity index (χ1n) is 7.91. The van der Waals surface area contributed by atoms with Gasteiger partial charge in [-0.15, -0.1) is 0 Å². The number of fused-ring (bicyclic) bond motifs is 1. The molecule has 132 valence electrons. The van der Waals surface area contributed by atoms with Gasteiger partial charge in [-0.25, -0.2) is 9.78 Å². The first-order valence-corrected chi connectivity index (χ1v) is 8.29. The fourth-order valence-corrected chi connectivity index (χ4v) is 2.68. The van der Waals surface area contributed by atoms with E-state index in [2.05, 4.69) is 15.6 Å². The van der Waals surface area contributed by atoms with Crippen LogP contribution in [0.4, 0.5) is 5.82 Å². The molecule has 0 saturated carbocycles. The van der Waals surface area contributed by atoms with Gasteiger partial charge in [0.1, 0.15) is 5.82 Å². The van der Waals surface area contributed by atoms with Crippen LogP contribution in [0.15, 0.2) is 54.6 Å². The van der Waals surface area contributed by atoms with Crippen molar-refractivity contribution in [1.82, 2.24) is 10.3 Å². The second-order valence-electron chi connectivity index (χ2n) is 5.64. The van der Waals surface area contributed by atoms with Crippen LogP contribution < -0.4 is 10.6 Å². The van der Waals surface area contributed by atoms with Crippen molar-refractivity contribution >= 4 is 40.1 Å². The Morgan fingerprint density at radius 2 is 1.85 bits per heavy atom. The number of carboxylic acid groups (broad SMARTS) is 1. The van der Waals surface area contributed by atoms with Gasteiger partial charge in [0.2, 0.25) is 5.91 Å². The number of benzene rings is 2. The highest BCUT2D eigenvalue weighted by Gasteiger charge is 2.12. The van der Waals surface area contributed by atoms with Crippen molar-refractivity contribution in [2.45, 2.75) is 6.54 Å². The lowest BCUT2D eigenvalue weighted by Crippen LogP contribution is -2.29. The maximum Gasteiger partial charge on any atom is 0.354 e. The molecule has 0 aliphatic carbocycles. The minimum absolute atomic E-state index is 0.0272. The number of rotatable bonds is 6. The third-order valence-electron chi connectivity index (χ3n) is 3.76. The van der Waals surface area contributed by atoms with Gasteiger partial charge in [-0.2, -0.15) is 0 Å². The molecule has 0 unspecified atom stereocenters. The van der Waals surface area contributed by atoms with E-state index in [1.807, 2.05) is 30.3 Å². The van der Waals surface area contributed by atoms with E-state index >= 15 is 0 Å². The van der Waals surface area contributed by atoms with Gasteiger partial charge in [-0.05, 0) is 35.2 Å². The number of amides is 1. The molecule has 26 heavy (non-hydrogen) atoms. The maximum atomic E-state index is 12.1. The summed E-state index contributed by atoms with van der Waals surface area (Å²) >= 11 is 5.98. The lowest BCUT2D eigenvalue weighted by molar-refractivity contribution is -0.119. The topological polar surface area (TPSA) is 91.3 Å². The Labute approximate surface area is 154 Å². The predicted molar refractivity (Wildman–Crippen MR) is 100 cm³/mol. The van der Waals surface area contributed by atoms with E-state index in [0.29, 0.717) is 28.2 Å². The van der Waals surface area contributed by atoms with Crippen molar-refractivity contribution in [3.05, 3.63) is 70.9 Å². The van der Waals surface area contributed by atoms with Crippen LogP contribution >= 0.6 is 11.6 Å². The Hall–Kier alpha value is -3.12. The number of hydrogen-bond donors (Lipinski definition) is 3. The SMILES string of the molecule is O=C(CNc1nc(C(=O)O)cc2cc(Cl)ccc12)NCc1ccccc1. The predicted octanol–water partition coefficient (Wildman–Crippen LogP) is 3.31. The quantitative estimate of drug-likeness (QED) is 0.620. The largest absolute Gasteiger partial charge is 0.477 e. The molecule has 0 atom stereocenters. The molecule has 0 radical (unpaired) electrons. The fourth-order valence-electron chi connectivity index (χ4n) is 2.50. The standard InChI is InChI=1S/C19H16ClN3O3/c20-14-6-7-15-13(8-14)9-16(19(25)26)23-18(15)22-11-17(24)21-10-12-4-2-1-3-5-12/h1-9H,10-11H2,(H,21,24)(H,22,23)(H,25,26). The molecule has 3 N–H and O–H groups in total. The second kappa shape index (κ2) is 7.84. The molecule has 2 aromatic carbocycles. The average molecular weight is 370 g/mol. The Kier molecular flexibility index (Phi) is 5.34. The summed E-state index contributed by atoms with van der Waals surface area (Å²) in [4.78, 5) is 27.4. The molecule has 0 spiro atoms. The van der Waals surface area contributed by atoms with Crippen molar-refractivity contribution in [3.63, 3.8) is 0 Å². The van der Waals surface area contributed by atoms with E-state index in [-0.39, 0.29) is 18.1 Å². The van der Waals surface area contributed by atoms with Crippen molar-refractivity contribution in [3.8, 4) is 0 Å². The number of carbonyl (C=O) groups is 2. The summed E-state index contributed by atoms with van der Waals surface area (Å²) in [5.41, 5.74) is 0.874. The van der Waals surface area contributed by atoms with Gasteiger partial charge in [0.05, 0.1) is 6.54 Å². The molecule has 1 heterocycles. The van der Waals surface area contributed by atoms with Crippen LogP contribution in [0.25, 0.3) is 10.8 Å². The summed E-state index contributed by atoms with van der Waals surface area (Å²) in [6, 6.07) is 16.1. The third-order valence-corrected chi connectivity index (χ3v) is 4.00. The highest BCUT2D eigenvalue weighted by atomic mass is 35.5. The summed E-state index contributed by atoms with van der Waals surface area (Å²) < 4.78 is 0. The Bertz CT molecular complexity index is 961. The van der Waals surface area contributed by atoms with Crippen molar-refractivity contribution < 1.29 is 14.7 Å². The van der Waals surface area contributed by atoms with Gasteiger partial charge >= 0.3 is 5.97 Å². The van der Waals surface area contributed by atoms with E-state index in [4.69, 9.17) is 11.6 Å². The van der Waals surface area contributed by atoms with Gasteiger partial charge < -0.3 is 15.7 Å². The number of carbonyl (C=O) groups excluding carboxylic acids is 1. The number of halogens is 1. The lowest BCUT2D eigenvalue weighted by atomic mass is 10.1. The number of carboxylic acids is 1. The van der Waals surface area contributed by atoms with Crippen LogP contribution in [0.3, 0.4) is 0 Å². The van der Waals surface area contributed by atoms with Crippen molar-refractivity contribution in [1.29, 1.82) is 0 Å². The molecular weight excluding hydrogens is 354 g/mol. The highest BCUT2D eigenvalue weighted by molar-refractivity contribution is 6.31. The summed E-state index contributed by atoms with van der Waals surface area (Å²) in [7, 11) is 0. The molecule has 1 aromatic heterocycles. The van der Waals surface area contributed by atoms with Gasteiger partial charge in [-0.1, -0.05) is 41.9 Å². The van der Waals surface area contributed by atoms with Gasteiger partial charge in [-0.3, -0.25) is 4.79 Å². The van der Waals surface area contributed by atoms with E-state index in [9.17, 15) is 14.7 Å². The second-order valence-corrected chi connectivity index (χ2v) is 6.08. The van der Waals surface area contributed by atoms with Crippen LogP contribution in [0.2, 0.25) is 5.02 Å². The normalized spacial score (nSPS) is 10.5. The van der Waals surface area contributed by atoms with Gasteiger partial charge in [0, 0.05) is 17.0 Å². The number of hydrogen-bond acceptors (Lipinski definition) is 4. The number of nitrogens with zero attached hydrogens (tertiary/aromatic N) is 1. The molecule has 0 saturated heterocycles. The fraction of sp³-hybridized carbons (Fsp3) is 0.105. The summed E-state index contributed by atoms with van der Waals surface area (Å²) in [5, 5.41) is 16.7. The molecule has 0 aliphatic heterocycles. The van der Waals surface area contributed by atoms with Crippen LogP contribution in [0, 0.1) is 0 Å². The number of pyridine rings is 1. The molecule has 0 fully saturated rings. The van der Waals surface area contributed by atoms with E-state index < -0.39 is 5.97 Å². The van der Waals surface area contributed by atoms with Crippen LogP contribution in [0.1, 0.15) is 16.1 Å². The molecule has 7 heteroatoms. The Morgan fingerprint density at radius 3 is 2.58 bits per heavy atom. The number of nitrogens with one attached hydrogen (secondary N) is 2. The van der Waals surface area contributed by atoms with Crippen LogP contribution in [0.5, 0.6) is 0 Å². The highest BCUT2D eigenvalue weighted by Crippen LogP contribution is 2.25. The summed E-state index contributed by atoms with van der Waals surface area (Å²) in [6.45, 7) is 0.390. The zero-order chi connectivity index (χ0) is 18.5. The smallest absolute Gasteiger partial charge is 0.354 e. The van der Waals surface area contributed by atoms with Crippen LogP contribution in [-0.2, 0) is 11.3 Å². The summed E-state index contributed by atoms with van der Waals surface area (Å²) in [5.74, 6) is -1.05. The van der Waals surface area contributed by atoms with Gasteiger partial charge in [0.15, 0.2) is 5.69 Å². The van der Waals surface area contributed by atoms with E-state index in [0.717, 1.165) is 5.56 Å². The molecule has 3 aromatic rings. The number of aromatic nitrogens is 1. The van der Waals surface area contributed by atoms with E-state index in [1.54, 1.807) is 18.2 Å². The third kappa shape index (κ3) is 4.29.